The summed E-state index contributed by atoms with van der Waals surface area (Å²) >= 11 is 5.82. The number of rotatable bonds is 4. The van der Waals surface area contributed by atoms with E-state index in [1.807, 2.05) is 0 Å². The van der Waals surface area contributed by atoms with Crippen LogP contribution in [0, 0.1) is 0 Å². The topological polar surface area (TPSA) is 97.0 Å². The van der Waals surface area contributed by atoms with Gasteiger partial charge in [-0.05, 0) is 12.1 Å². The highest BCUT2D eigenvalue weighted by atomic mass is 35.5. The summed E-state index contributed by atoms with van der Waals surface area (Å²) < 4.78 is 30.9. The molecule has 96 valence electrons. The standard InChI is InChI=1S/C9H9ClN4O3S/c1-17-9-11-8(12-13-9)14-18(15,16)7-5-3-2-4-6(7)10/h2-5H,1H3,(H2,11,12,13,14). The lowest BCUT2D eigenvalue weighted by molar-refractivity contribution is 0.382. The molecule has 0 amide bonds. The summed E-state index contributed by atoms with van der Waals surface area (Å²) in [6.07, 6.45) is 0. The molecule has 0 aliphatic heterocycles. The van der Waals surface area contributed by atoms with E-state index in [1.54, 1.807) is 12.1 Å². The Balaban J connectivity index is 2.30. The van der Waals surface area contributed by atoms with Crippen molar-refractivity contribution in [3.63, 3.8) is 0 Å². The van der Waals surface area contributed by atoms with Crippen LogP contribution in [0.3, 0.4) is 0 Å². The number of methoxy groups -OCH3 is 1. The number of benzene rings is 1. The molecule has 18 heavy (non-hydrogen) atoms. The molecule has 1 aromatic heterocycles. The Hall–Kier alpha value is -1.80. The number of nitrogens with one attached hydrogen (secondary N) is 2. The number of aromatic nitrogens is 3. The maximum absolute atomic E-state index is 12.0. The predicted molar refractivity (Wildman–Crippen MR) is 65.2 cm³/mol. The van der Waals surface area contributed by atoms with Crippen LogP contribution in [0.5, 0.6) is 6.01 Å². The third-order valence-electron chi connectivity index (χ3n) is 2.00. The van der Waals surface area contributed by atoms with Crippen molar-refractivity contribution < 1.29 is 13.2 Å². The molecule has 0 aliphatic carbocycles. The van der Waals surface area contributed by atoms with Crippen LogP contribution in [-0.2, 0) is 10.0 Å². The van der Waals surface area contributed by atoms with E-state index < -0.39 is 10.0 Å². The monoisotopic (exact) mass is 288 g/mol. The Bertz CT molecular complexity index is 655. The third-order valence-corrected chi connectivity index (χ3v) is 3.84. The Labute approximate surface area is 108 Å². The maximum atomic E-state index is 12.0. The number of nitrogens with zero attached hydrogens (tertiary/aromatic N) is 2. The van der Waals surface area contributed by atoms with E-state index in [-0.39, 0.29) is 21.9 Å². The molecule has 7 nitrogen and oxygen atoms in total. The van der Waals surface area contributed by atoms with Crippen molar-refractivity contribution in [2.45, 2.75) is 4.90 Å². The van der Waals surface area contributed by atoms with Crippen molar-refractivity contribution in [3.8, 4) is 6.01 Å². The van der Waals surface area contributed by atoms with Gasteiger partial charge in [-0.2, -0.15) is 4.98 Å². The van der Waals surface area contributed by atoms with Gasteiger partial charge in [-0.15, -0.1) is 5.10 Å². The molecule has 0 fully saturated rings. The van der Waals surface area contributed by atoms with Gasteiger partial charge in [0.15, 0.2) is 0 Å². The molecule has 0 bridgehead atoms. The highest BCUT2D eigenvalue weighted by molar-refractivity contribution is 7.92. The maximum Gasteiger partial charge on any atom is 0.336 e. The largest absolute Gasteiger partial charge is 0.466 e. The number of ether oxygens (including phenoxy) is 1. The van der Waals surface area contributed by atoms with Crippen LogP contribution in [0.4, 0.5) is 5.95 Å². The smallest absolute Gasteiger partial charge is 0.336 e. The van der Waals surface area contributed by atoms with Gasteiger partial charge in [-0.25, -0.2) is 18.2 Å². The van der Waals surface area contributed by atoms with Crippen LogP contribution < -0.4 is 9.46 Å². The van der Waals surface area contributed by atoms with Gasteiger partial charge < -0.3 is 4.74 Å². The molecule has 0 saturated carbocycles. The van der Waals surface area contributed by atoms with Gasteiger partial charge in [0.25, 0.3) is 10.0 Å². The molecule has 0 aliphatic rings. The minimum absolute atomic E-state index is 0.0341. The predicted octanol–water partition coefficient (Wildman–Crippen LogP) is 1.27. The minimum Gasteiger partial charge on any atom is -0.466 e. The number of anilines is 1. The zero-order chi connectivity index (χ0) is 13.2. The molecule has 0 saturated heterocycles. The molecule has 2 N–H and O–H groups in total. The average Bonchev–Trinajstić information content (AvgIpc) is 2.76. The first-order chi connectivity index (χ1) is 8.53. The highest BCUT2D eigenvalue weighted by Crippen LogP contribution is 2.22. The van der Waals surface area contributed by atoms with E-state index in [0.29, 0.717) is 0 Å². The summed E-state index contributed by atoms with van der Waals surface area (Å²) in [4.78, 5) is 3.71. The van der Waals surface area contributed by atoms with Crippen LogP contribution in [0.1, 0.15) is 0 Å². The van der Waals surface area contributed by atoms with Gasteiger partial charge in [-0.1, -0.05) is 23.7 Å². The van der Waals surface area contributed by atoms with E-state index in [4.69, 9.17) is 16.3 Å². The molecule has 0 atom stereocenters. The molecule has 9 heteroatoms. The summed E-state index contributed by atoms with van der Waals surface area (Å²) in [6.45, 7) is 0. The quantitative estimate of drug-likeness (QED) is 0.883. The number of halogens is 1. The van der Waals surface area contributed by atoms with E-state index in [0.717, 1.165) is 0 Å². The first kappa shape index (κ1) is 12.7. The van der Waals surface area contributed by atoms with Gasteiger partial charge in [0.05, 0.1) is 12.1 Å². The van der Waals surface area contributed by atoms with Gasteiger partial charge in [0.2, 0.25) is 5.95 Å². The summed E-state index contributed by atoms with van der Waals surface area (Å²) in [5, 5.41) is 6.12. The van der Waals surface area contributed by atoms with Crippen molar-refractivity contribution in [2.75, 3.05) is 11.8 Å². The lowest BCUT2D eigenvalue weighted by Crippen LogP contribution is -2.14. The average molecular weight is 289 g/mol. The fourth-order valence-electron chi connectivity index (χ4n) is 1.23. The third kappa shape index (κ3) is 2.54. The van der Waals surface area contributed by atoms with Crippen LogP contribution in [0.2, 0.25) is 5.02 Å². The summed E-state index contributed by atoms with van der Waals surface area (Å²) in [5.74, 6) is -0.0493. The Morgan fingerprint density at radius 1 is 1.39 bits per heavy atom. The molecule has 0 radical (unpaired) electrons. The zero-order valence-corrected chi connectivity index (χ0v) is 10.8. The van der Waals surface area contributed by atoms with Crippen molar-refractivity contribution in [3.05, 3.63) is 29.3 Å². The van der Waals surface area contributed by atoms with Crippen molar-refractivity contribution >= 4 is 27.6 Å². The molecule has 1 heterocycles. The zero-order valence-electron chi connectivity index (χ0n) is 9.21. The number of hydrogen-bond acceptors (Lipinski definition) is 5. The molecule has 0 spiro atoms. The van der Waals surface area contributed by atoms with Gasteiger partial charge in [-0.3, -0.25) is 0 Å². The lowest BCUT2D eigenvalue weighted by Gasteiger charge is -2.05. The van der Waals surface area contributed by atoms with E-state index in [9.17, 15) is 8.42 Å². The van der Waals surface area contributed by atoms with Crippen LogP contribution in [0.15, 0.2) is 29.2 Å². The molecule has 0 unspecified atom stereocenters. The number of sulfonamides is 1. The van der Waals surface area contributed by atoms with E-state index >= 15 is 0 Å². The summed E-state index contributed by atoms with van der Waals surface area (Å²) in [7, 11) is -2.44. The van der Waals surface area contributed by atoms with Crippen molar-refractivity contribution in [2.24, 2.45) is 0 Å². The van der Waals surface area contributed by atoms with Crippen LogP contribution >= 0.6 is 11.6 Å². The second kappa shape index (κ2) is 4.83. The van der Waals surface area contributed by atoms with Gasteiger partial charge >= 0.3 is 6.01 Å². The summed E-state index contributed by atoms with van der Waals surface area (Å²) in [5.41, 5.74) is 0. The van der Waals surface area contributed by atoms with E-state index in [2.05, 4.69) is 19.9 Å². The molecule has 2 aromatic rings. The van der Waals surface area contributed by atoms with Crippen LogP contribution in [0.25, 0.3) is 0 Å². The van der Waals surface area contributed by atoms with Crippen molar-refractivity contribution in [1.82, 2.24) is 15.2 Å². The Kier molecular flexibility index (Phi) is 3.39. The first-order valence-corrected chi connectivity index (χ1v) is 6.63. The van der Waals surface area contributed by atoms with E-state index in [1.165, 1.54) is 19.2 Å². The SMILES string of the molecule is COc1n[nH]c(NS(=O)(=O)c2ccccc2Cl)n1. The highest BCUT2D eigenvalue weighted by Gasteiger charge is 2.19. The summed E-state index contributed by atoms with van der Waals surface area (Å²) in [6, 6.07) is 6.11. The minimum atomic E-state index is -3.81. The molecular weight excluding hydrogens is 280 g/mol. The molecule has 2 rings (SSSR count). The fourth-order valence-corrected chi connectivity index (χ4v) is 2.71. The fraction of sp³-hybridized carbons (Fsp3) is 0.111. The Morgan fingerprint density at radius 2 is 2.11 bits per heavy atom. The number of hydrogen-bond donors (Lipinski definition) is 2. The van der Waals surface area contributed by atoms with Gasteiger partial charge in [0.1, 0.15) is 4.90 Å². The Morgan fingerprint density at radius 3 is 2.72 bits per heavy atom. The normalized spacial score (nSPS) is 11.2. The first-order valence-electron chi connectivity index (χ1n) is 4.76. The second-order valence-electron chi connectivity index (χ2n) is 3.21. The molecule has 1 aromatic carbocycles. The second-order valence-corrected chi connectivity index (χ2v) is 5.26. The number of H-pyrrole nitrogens is 1. The van der Waals surface area contributed by atoms with Gasteiger partial charge in [0, 0.05) is 0 Å². The van der Waals surface area contributed by atoms with Crippen molar-refractivity contribution in [1.29, 1.82) is 0 Å². The number of aromatic amines is 1. The lowest BCUT2D eigenvalue weighted by atomic mass is 10.4. The van der Waals surface area contributed by atoms with Crippen LogP contribution in [-0.4, -0.2) is 30.7 Å². The molecular formula is C9H9ClN4O3S.